The molecule has 0 spiro atoms. The third-order valence-corrected chi connectivity index (χ3v) is 5.99. The second-order valence-electron chi connectivity index (χ2n) is 7.47. The molecule has 3 rings (SSSR count). The van der Waals surface area contributed by atoms with E-state index < -0.39 is 18.5 Å². The fourth-order valence-corrected chi connectivity index (χ4v) is 4.11. The fraction of sp³-hybridized carbons (Fsp3) is 0.545. The molecule has 1 fully saturated rings. The molecule has 1 aliphatic rings. The van der Waals surface area contributed by atoms with Crippen LogP contribution in [0.1, 0.15) is 39.0 Å². The molecule has 178 valence electrons. The average Bonchev–Trinajstić information content (AvgIpc) is 2.79. The largest absolute Gasteiger partial charge is 0.433 e. The van der Waals surface area contributed by atoms with Gasteiger partial charge >= 0.3 is 6.18 Å². The van der Waals surface area contributed by atoms with Gasteiger partial charge in [-0.05, 0) is 30.4 Å². The first-order chi connectivity index (χ1) is 15.2. The Balaban J connectivity index is 0.00000176. The Morgan fingerprint density at radius 2 is 1.91 bits per heavy atom. The zero-order valence-electron chi connectivity index (χ0n) is 18.9. The third-order valence-electron chi connectivity index (χ3n) is 5.24. The van der Waals surface area contributed by atoms with Crippen LogP contribution in [0.4, 0.5) is 29.2 Å². The number of alkyl halides is 3. The summed E-state index contributed by atoms with van der Waals surface area (Å²) in [6.45, 7) is 8.71. The molecule has 1 N–H and O–H groups in total. The molecular weight excluding hydrogens is 444 g/mol. The molecule has 0 radical (unpaired) electrons. The van der Waals surface area contributed by atoms with Crippen LogP contribution < -0.4 is 9.80 Å². The summed E-state index contributed by atoms with van der Waals surface area (Å²) in [4.78, 5) is 12.3. The van der Waals surface area contributed by atoms with Crippen molar-refractivity contribution in [2.75, 3.05) is 35.7 Å². The number of aliphatic hydroxyl groups excluding tert-OH is 1. The smallest absolute Gasteiger partial charge is 0.392 e. The number of aromatic nitrogens is 2. The molecule has 0 saturated carbocycles. The van der Waals surface area contributed by atoms with E-state index in [0.29, 0.717) is 24.5 Å². The van der Waals surface area contributed by atoms with Crippen molar-refractivity contribution in [3.05, 3.63) is 41.5 Å². The Morgan fingerprint density at radius 1 is 1.22 bits per heavy atom. The van der Waals surface area contributed by atoms with Gasteiger partial charge in [-0.3, -0.25) is 0 Å². The maximum absolute atomic E-state index is 13.8. The standard InChI is InChI=1S/C20H24F4N4OS.C2H6/c1-12(2)16-10-27(14-4-5-15(21)17(8-14)30-3)6-7-28(16)19-25-9-13(11-29)18(26-19)20(22,23)24;1-2/h4-5,8-9,12,16,29H,6-7,10-11H2,1-3H3;1-2H3. The van der Waals surface area contributed by atoms with Gasteiger partial charge in [-0.2, -0.15) is 13.2 Å². The molecule has 1 aromatic carbocycles. The molecule has 1 unspecified atom stereocenters. The number of benzene rings is 1. The zero-order valence-corrected chi connectivity index (χ0v) is 19.8. The molecule has 10 heteroatoms. The minimum Gasteiger partial charge on any atom is -0.392 e. The molecule has 1 aliphatic heterocycles. The van der Waals surface area contributed by atoms with Crippen LogP contribution in [0.3, 0.4) is 0 Å². The van der Waals surface area contributed by atoms with Crippen LogP contribution in [0.25, 0.3) is 0 Å². The Bertz CT molecular complexity index is 895. The van der Waals surface area contributed by atoms with Gasteiger partial charge in [0.05, 0.1) is 12.6 Å². The Morgan fingerprint density at radius 3 is 2.47 bits per heavy atom. The molecule has 5 nitrogen and oxygen atoms in total. The van der Waals surface area contributed by atoms with Crippen LogP contribution in [0.5, 0.6) is 0 Å². The first-order valence-electron chi connectivity index (χ1n) is 10.5. The first kappa shape index (κ1) is 26.2. The van der Waals surface area contributed by atoms with Gasteiger partial charge in [0.1, 0.15) is 5.82 Å². The Hall–Kier alpha value is -2.07. The average molecular weight is 475 g/mol. The van der Waals surface area contributed by atoms with Crippen molar-refractivity contribution >= 4 is 23.4 Å². The lowest BCUT2D eigenvalue weighted by atomic mass is 9.99. The minimum atomic E-state index is -4.67. The highest BCUT2D eigenvalue weighted by Crippen LogP contribution is 2.33. The number of aliphatic hydroxyl groups is 1. The third kappa shape index (κ3) is 5.83. The van der Waals surface area contributed by atoms with Gasteiger partial charge in [-0.1, -0.05) is 27.7 Å². The van der Waals surface area contributed by atoms with Crippen molar-refractivity contribution in [3.8, 4) is 0 Å². The minimum absolute atomic E-state index is 0.00165. The van der Waals surface area contributed by atoms with Gasteiger partial charge in [0.2, 0.25) is 5.95 Å². The van der Waals surface area contributed by atoms with Gasteiger partial charge in [-0.25, -0.2) is 14.4 Å². The first-order valence-corrected chi connectivity index (χ1v) is 11.8. The maximum atomic E-state index is 13.8. The van der Waals surface area contributed by atoms with Gasteiger partial charge < -0.3 is 14.9 Å². The fourth-order valence-electron chi connectivity index (χ4n) is 3.61. The highest BCUT2D eigenvalue weighted by molar-refractivity contribution is 7.98. The number of hydrogen-bond donors (Lipinski definition) is 1. The van der Waals surface area contributed by atoms with Crippen molar-refractivity contribution < 1.29 is 22.7 Å². The van der Waals surface area contributed by atoms with Gasteiger partial charge in [0, 0.05) is 42.0 Å². The number of piperazine rings is 1. The highest BCUT2D eigenvalue weighted by atomic mass is 32.2. The van der Waals surface area contributed by atoms with Crippen molar-refractivity contribution in [1.29, 1.82) is 0 Å². The van der Waals surface area contributed by atoms with E-state index in [2.05, 4.69) is 14.9 Å². The van der Waals surface area contributed by atoms with E-state index in [0.717, 1.165) is 11.9 Å². The molecule has 0 aliphatic carbocycles. The van der Waals surface area contributed by atoms with E-state index in [1.54, 1.807) is 17.0 Å². The monoisotopic (exact) mass is 474 g/mol. The van der Waals surface area contributed by atoms with Crippen LogP contribution in [0.15, 0.2) is 29.3 Å². The lowest BCUT2D eigenvalue weighted by Gasteiger charge is -2.44. The molecular formula is C22H30F4N4OS. The van der Waals surface area contributed by atoms with E-state index in [-0.39, 0.29) is 29.3 Å². The second kappa shape index (κ2) is 11.2. The number of hydrogen-bond acceptors (Lipinski definition) is 6. The number of anilines is 2. The summed E-state index contributed by atoms with van der Waals surface area (Å²) < 4.78 is 53.9. The van der Waals surface area contributed by atoms with Crippen molar-refractivity contribution in [1.82, 2.24) is 9.97 Å². The lowest BCUT2D eigenvalue weighted by molar-refractivity contribution is -0.142. The molecule has 1 atom stereocenters. The van der Waals surface area contributed by atoms with E-state index in [1.807, 2.05) is 34.0 Å². The van der Waals surface area contributed by atoms with Crippen LogP contribution >= 0.6 is 11.8 Å². The predicted molar refractivity (Wildman–Crippen MR) is 121 cm³/mol. The van der Waals surface area contributed by atoms with Crippen molar-refractivity contribution in [3.63, 3.8) is 0 Å². The van der Waals surface area contributed by atoms with E-state index in [4.69, 9.17) is 0 Å². The quantitative estimate of drug-likeness (QED) is 0.473. The normalized spacial score (nSPS) is 16.8. The van der Waals surface area contributed by atoms with Gasteiger partial charge in [0.15, 0.2) is 5.69 Å². The number of thioether (sulfide) groups is 1. The lowest BCUT2D eigenvalue weighted by Crippen LogP contribution is -2.56. The summed E-state index contributed by atoms with van der Waals surface area (Å²) in [6, 6.07) is 4.81. The van der Waals surface area contributed by atoms with E-state index in [9.17, 15) is 22.7 Å². The molecule has 0 amide bonds. The van der Waals surface area contributed by atoms with E-state index in [1.165, 1.54) is 17.8 Å². The Labute approximate surface area is 190 Å². The van der Waals surface area contributed by atoms with Crippen molar-refractivity contribution in [2.45, 2.75) is 51.4 Å². The number of rotatable bonds is 5. The maximum Gasteiger partial charge on any atom is 0.433 e. The SMILES string of the molecule is CC.CSc1cc(N2CCN(c3ncc(CO)c(C(F)(F)F)n3)C(C(C)C)C2)ccc1F. The summed E-state index contributed by atoms with van der Waals surface area (Å²) in [5, 5.41) is 9.22. The van der Waals surface area contributed by atoms with Crippen molar-refractivity contribution in [2.24, 2.45) is 5.92 Å². The summed E-state index contributed by atoms with van der Waals surface area (Å²) in [6.07, 6.45) is -1.82. The van der Waals surface area contributed by atoms with E-state index >= 15 is 0 Å². The van der Waals surface area contributed by atoms with Crippen LogP contribution in [0, 0.1) is 11.7 Å². The second-order valence-corrected chi connectivity index (χ2v) is 8.32. The molecule has 32 heavy (non-hydrogen) atoms. The molecule has 2 heterocycles. The summed E-state index contributed by atoms with van der Waals surface area (Å²) >= 11 is 1.33. The predicted octanol–water partition coefficient (Wildman–Crippen LogP) is 5.23. The number of halogens is 4. The van der Waals surface area contributed by atoms with Crippen LogP contribution in [0.2, 0.25) is 0 Å². The van der Waals surface area contributed by atoms with Crippen LogP contribution in [-0.2, 0) is 12.8 Å². The number of nitrogens with zero attached hydrogens (tertiary/aromatic N) is 4. The Kier molecular flexibility index (Phi) is 9.15. The summed E-state index contributed by atoms with van der Waals surface area (Å²) in [5.74, 6) is -0.159. The van der Waals surface area contributed by atoms with Gasteiger partial charge in [-0.15, -0.1) is 11.8 Å². The van der Waals surface area contributed by atoms with Crippen LogP contribution in [-0.4, -0.2) is 47.0 Å². The summed E-state index contributed by atoms with van der Waals surface area (Å²) in [5.41, 5.74) is -0.580. The summed E-state index contributed by atoms with van der Waals surface area (Å²) in [7, 11) is 0. The topological polar surface area (TPSA) is 52.5 Å². The van der Waals surface area contributed by atoms with Gasteiger partial charge in [0.25, 0.3) is 0 Å². The molecule has 1 aromatic heterocycles. The molecule has 0 bridgehead atoms. The zero-order chi connectivity index (χ0) is 24.1. The molecule has 2 aromatic rings. The molecule has 1 saturated heterocycles. The highest BCUT2D eigenvalue weighted by Gasteiger charge is 2.38.